The summed E-state index contributed by atoms with van der Waals surface area (Å²) in [6.07, 6.45) is 9.56. The lowest BCUT2D eigenvalue weighted by Crippen LogP contribution is -2.49. The third-order valence-electron chi connectivity index (χ3n) is 4.68. The molecule has 0 spiro atoms. The van der Waals surface area contributed by atoms with Crippen LogP contribution in [0.4, 0.5) is 0 Å². The lowest BCUT2D eigenvalue weighted by atomic mass is 9.87. The van der Waals surface area contributed by atoms with Crippen LogP contribution < -0.4 is 0 Å². The van der Waals surface area contributed by atoms with E-state index in [1.165, 1.54) is 38.6 Å². The molecule has 0 aromatic rings. The molecular formula is C15H27NO. The molecule has 98 valence electrons. The molecule has 2 heteroatoms. The van der Waals surface area contributed by atoms with Crippen LogP contribution in [0, 0.1) is 5.92 Å². The van der Waals surface area contributed by atoms with Gasteiger partial charge in [0.1, 0.15) is 5.78 Å². The van der Waals surface area contributed by atoms with Crippen molar-refractivity contribution in [3.8, 4) is 0 Å². The van der Waals surface area contributed by atoms with Crippen molar-refractivity contribution in [2.75, 3.05) is 6.54 Å². The molecule has 2 nitrogen and oxygen atoms in total. The maximum atomic E-state index is 12.0. The molecule has 2 rings (SSSR count). The van der Waals surface area contributed by atoms with Gasteiger partial charge >= 0.3 is 0 Å². The fourth-order valence-electron chi connectivity index (χ4n) is 3.79. The number of likely N-dealkylation sites (tertiary alicyclic amines) is 1. The summed E-state index contributed by atoms with van der Waals surface area (Å²) in [4.78, 5) is 14.6. The maximum absolute atomic E-state index is 12.0. The van der Waals surface area contributed by atoms with E-state index < -0.39 is 0 Å². The number of carbonyl (C=O) groups excluding carboxylic acids is 1. The van der Waals surface area contributed by atoms with E-state index in [0.717, 1.165) is 19.3 Å². The zero-order chi connectivity index (χ0) is 12.3. The second-order valence-corrected chi connectivity index (χ2v) is 5.90. The third-order valence-corrected chi connectivity index (χ3v) is 4.68. The highest BCUT2D eigenvalue weighted by Crippen LogP contribution is 2.34. The van der Waals surface area contributed by atoms with E-state index >= 15 is 0 Å². The van der Waals surface area contributed by atoms with Crippen LogP contribution in [0.1, 0.15) is 65.2 Å². The quantitative estimate of drug-likeness (QED) is 0.747. The molecule has 1 saturated heterocycles. The van der Waals surface area contributed by atoms with Crippen LogP contribution in [0.3, 0.4) is 0 Å². The minimum Gasteiger partial charge on any atom is -0.299 e. The van der Waals surface area contributed by atoms with Gasteiger partial charge in [0.15, 0.2) is 0 Å². The van der Waals surface area contributed by atoms with Gasteiger partial charge in [0.25, 0.3) is 0 Å². The predicted octanol–water partition coefficient (Wildman–Crippen LogP) is 3.40. The molecule has 2 aliphatic rings. The van der Waals surface area contributed by atoms with Gasteiger partial charge in [-0.3, -0.25) is 9.69 Å². The first-order valence-electron chi connectivity index (χ1n) is 7.52. The predicted molar refractivity (Wildman–Crippen MR) is 71.1 cm³/mol. The van der Waals surface area contributed by atoms with Crippen molar-refractivity contribution in [3.05, 3.63) is 0 Å². The normalized spacial score (nSPS) is 32.9. The highest BCUT2D eigenvalue weighted by Gasteiger charge is 2.37. The van der Waals surface area contributed by atoms with E-state index in [2.05, 4.69) is 18.7 Å². The number of ketones is 1. The topological polar surface area (TPSA) is 20.3 Å². The number of nitrogens with zero attached hydrogens (tertiary/aromatic N) is 1. The third kappa shape index (κ3) is 2.90. The molecule has 0 aromatic carbocycles. The van der Waals surface area contributed by atoms with Crippen LogP contribution in [-0.2, 0) is 4.79 Å². The number of Topliss-reactive ketones (excluding diaryl/α,β-unsaturated/α-hetero) is 1. The molecule has 0 radical (unpaired) electrons. The zero-order valence-electron chi connectivity index (χ0n) is 11.5. The van der Waals surface area contributed by atoms with Crippen molar-refractivity contribution in [2.24, 2.45) is 5.92 Å². The molecule has 17 heavy (non-hydrogen) atoms. The van der Waals surface area contributed by atoms with Gasteiger partial charge in [-0.15, -0.1) is 0 Å². The van der Waals surface area contributed by atoms with E-state index in [0.29, 0.717) is 23.8 Å². The lowest BCUT2D eigenvalue weighted by molar-refractivity contribution is -0.123. The number of piperidine rings is 1. The van der Waals surface area contributed by atoms with Crippen LogP contribution >= 0.6 is 0 Å². The largest absolute Gasteiger partial charge is 0.299 e. The van der Waals surface area contributed by atoms with Crippen molar-refractivity contribution < 1.29 is 4.79 Å². The molecule has 0 N–H and O–H groups in total. The summed E-state index contributed by atoms with van der Waals surface area (Å²) in [5, 5.41) is 0. The van der Waals surface area contributed by atoms with Gasteiger partial charge in [-0.25, -0.2) is 0 Å². The SMILES string of the molecule is CCCC(C)N1CCCCC1C1CCCC1=O. The van der Waals surface area contributed by atoms with Crippen molar-refractivity contribution in [1.29, 1.82) is 0 Å². The van der Waals surface area contributed by atoms with E-state index in [4.69, 9.17) is 0 Å². The molecule has 3 unspecified atom stereocenters. The van der Waals surface area contributed by atoms with E-state index in [9.17, 15) is 4.79 Å². The van der Waals surface area contributed by atoms with E-state index in [-0.39, 0.29) is 0 Å². The lowest BCUT2D eigenvalue weighted by Gasteiger charge is -2.42. The van der Waals surface area contributed by atoms with Crippen LogP contribution in [0.15, 0.2) is 0 Å². The zero-order valence-corrected chi connectivity index (χ0v) is 11.5. The number of rotatable bonds is 4. The first kappa shape index (κ1) is 13.1. The van der Waals surface area contributed by atoms with Gasteiger partial charge in [0.2, 0.25) is 0 Å². The molecule has 0 aromatic heterocycles. The highest BCUT2D eigenvalue weighted by atomic mass is 16.1. The first-order chi connectivity index (χ1) is 8.24. The first-order valence-corrected chi connectivity index (χ1v) is 7.52. The Morgan fingerprint density at radius 3 is 2.76 bits per heavy atom. The Kier molecular flexibility index (Phi) is 4.61. The van der Waals surface area contributed by atoms with Gasteiger partial charge in [-0.05, 0) is 45.6 Å². The fourth-order valence-corrected chi connectivity index (χ4v) is 3.79. The molecule has 3 atom stereocenters. The van der Waals surface area contributed by atoms with E-state index in [1.54, 1.807) is 0 Å². The summed E-state index contributed by atoms with van der Waals surface area (Å²) in [5.74, 6) is 0.917. The fraction of sp³-hybridized carbons (Fsp3) is 0.933. The van der Waals surface area contributed by atoms with Crippen LogP contribution in [-0.4, -0.2) is 29.3 Å². The summed E-state index contributed by atoms with van der Waals surface area (Å²) in [7, 11) is 0. The molecule has 1 aliphatic heterocycles. The minimum absolute atomic E-state index is 0.370. The Balaban J connectivity index is 2.03. The van der Waals surface area contributed by atoms with Gasteiger partial charge in [0.05, 0.1) is 0 Å². The molecule has 1 saturated carbocycles. The van der Waals surface area contributed by atoms with E-state index in [1.807, 2.05) is 0 Å². The summed E-state index contributed by atoms with van der Waals surface area (Å²) in [6, 6.07) is 1.24. The Bertz CT molecular complexity index is 264. The van der Waals surface area contributed by atoms with Gasteiger partial charge in [-0.2, -0.15) is 0 Å². The average molecular weight is 237 g/mol. The van der Waals surface area contributed by atoms with Gasteiger partial charge in [0, 0.05) is 24.4 Å². The summed E-state index contributed by atoms with van der Waals surface area (Å²) in [5.41, 5.74) is 0. The number of hydrogen-bond acceptors (Lipinski definition) is 2. The van der Waals surface area contributed by atoms with Crippen LogP contribution in [0.5, 0.6) is 0 Å². The minimum atomic E-state index is 0.370. The Morgan fingerprint density at radius 1 is 1.29 bits per heavy atom. The molecular weight excluding hydrogens is 210 g/mol. The monoisotopic (exact) mass is 237 g/mol. The average Bonchev–Trinajstić information content (AvgIpc) is 2.76. The second kappa shape index (κ2) is 5.99. The van der Waals surface area contributed by atoms with Gasteiger partial charge < -0.3 is 0 Å². The summed E-state index contributed by atoms with van der Waals surface area (Å²) in [6.45, 7) is 5.83. The van der Waals surface area contributed by atoms with Crippen LogP contribution in [0.2, 0.25) is 0 Å². The Labute approximate surface area is 106 Å². The molecule has 1 aliphatic carbocycles. The van der Waals surface area contributed by atoms with Crippen molar-refractivity contribution >= 4 is 5.78 Å². The van der Waals surface area contributed by atoms with Gasteiger partial charge in [-0.1, -0.05) is 19.8 Å². The standard InChI is InChI=1S/C15H27NO/c1-3-7-12(2)16-11-5-4-9-14(16)13-8-6-10-15(13)17/h12-14H,3-11H2,1-2H3. The van der Waals surface area contributed by atoms with Crippen molar-refractivity contribution in [2.45, 2.75) is 77.3 Å². The summed E-state index contributed by atoms with van der Waals surface area (Å²) < 4.78 is 0. The van der Waals surface area contributed by atoms with Crippen molar-refractivity contribution in [1.82, 2.24) is 4.90 Å². The molecule has 1 heterocycles. The second-order valence-electron chi connectivity index (χ2n) is 5.90. The smallest absolute Gasteiger partial charge is 0.137 e. The molecule has 2 fully saturated rings. The Hall–Kier alpha value is -0.370. The number of hydrogen-bond donors (Lipinski definition) is 0. The molecule has 0 amide bonds. The number of carbonyl (C=O) groups is 1. The van der Waals surface area contributed by atoms with Crippen molar-refractivity contribution in [3.63, 3.8) is 0 Å². The van der Waals surface area contributed by atoms with Crippen LogP contribution in [0.25, 0.3) is 0 Å². The summed E-state index contributed by atoms with van der Waals surface area (Å²) >= 11 is 0. The molecule has 0 bridgehead atoms. The Morgan fingerprint density at radius 2 is 2.12 bits per heavy atom. The maximum Gasteiger partial charge on any atom is 0.137 e. The highest BCUT2D eigenvalue weighted by molar-refractivity contribution is 5.83.